The minimum atomic E-state index is -0.839. The highest BCUT2D eigenvalue weighted by molar-refractivity contribution is 6.00. The van der Waals surface area contributed by atoms with Crippen LogP contribution in [0.4, 0.5) is 0 Å². The van der Waals surface area contributed by atoms with E-state index in [2.05, 4.69) is 11.4 Å². The maximum atomic E-state index is 13.1. The second-order valence-corrected chi connectivity index (χ2v) is 8.38. The van der Waals surface area contributed by atoms with Gasteiger partial charge in [-0.15, -0.1) is 0 Å². The number of hydrogen-bond acceptors (Lipinski definition) is 7. The molecule has 7 heteroatoms. The lowest BCUT2D eigenvalue weighted by Crippen LogP contribution is -2.39. The number of dihydropyridines is 1. The van der Waals surface area contributed by atoms with Crippen LogP contribution in [0.1, 0.15) is 52.0 Å². The van der Waals surface area contributed by atoms with Crippen molar-refractivity contribution < 1.29 is 19.1 Å². The lowest BCUT2D eigenvalue weighted by atomic mass is 9.69. The predicted molar refractivity (Wildman–Crippen MR) is 111 cm³/mol. The summed E-state index contributed by atoms with van der Waals surface area (Å²) in [5.41, 5.74) is 8.15. The van der Waals surface area contributed by atoms with E-state index in [9.17, 15) is 14.9 Å². The molecule has 0 bridgehead atoms. The van der Waals surface area contributed by atoms with Crippen LogP contribution in [0.5, 0.6) is 5.75 Å². The molecule has 0 saturated carbocycles. The van der Waals surface area contributed by atoms with Gasteiger partial charge in [-0.05, 0) is 31.7 Å². The third-order valence-electron chi connectivity index (χ3n) is 5.35. The van der Waals surface area contributed by atoms with Gasteiger partial charge in [0.15, 0.2) is 11.9 Å². The normalized spacial score (nSPS) is 21.3. The van der Waals surface area contributed by atoms with E-state index in [1.807, 2.05) is 19.9 Å². The van der Waals surface area contributed by atoms with E-state index in [4.69, 9.17) is 15.2 Å². The summed E-state index contributed by atoms with van der Waals surface area (Å²) in [6.07, 6.45) is 0.186. The smallest absolute Gasteiger partial charge is 0.347 e. The molecule has 1 aromatic rings. The van der Waals surface area contributed by atoms with Crippen molar-refractivity contribution in [2.24, 2.45) is 11.1 Å². The van der Waals surface area contributed by atoms with Crippen LogP contribution >= 0.6 is 0 Å². The van der Waals surface area contributed by atoms with Crippen LogP contribution in [0, 0.1) is 16.7 Å². The van der Waals surface area contributed by atoms with Crippen LogP contribution in [0.15, 0.2) is 46.9 Å². The lowest BCUT2D eigenvalue weighted by Gasteiger charge is -2.38. The summed E-state index contributed by atoms with van der Waals surface area (Å²) >= 11 is 0. The predicted octanol–water partition coefficient (Wildman–Crippen LogP) is 3.04. The Morgan fingerprint density at radius 1 is 1.37 bits per heavy atom. The molecule has 2 atom stereocenters. The lowest BCUT2D eigenvalue weighted by molar-refractivity contribution is -0.150. The van der Waals surface area contributed by atoms with Crippen LogP contribution in [0.3, 0.4) is 0 Å². The van der Waals surface area contributed by atoms with E-state index in [0.29, 0.717) is 29.7 Å². The molecule has 1 aliphatic heterocycles. The van der Waals surface area contributed by atoms with Crippen LogP contribution < -0.4 is 15.8 Å². The highest BCUT2D eigenvalue weighted by atomic mass is 16.6. The summed E-state index contributed by atoms with van der Waals surface area (Å²) in [7, 11) is 0. The average Bonchev–Trinajstić information content (AvgIpc) is 2.66. The number of carbonyl (C=O) groups excluding carboxylic acids is 2. The van der Waals surface area contributed by atoms with Gasteiger partial charge >= 0.3 is 5.97 Å². The molecular weight excluding hydrogens is 382 g/mol. The molecule has 30 heavy (non-hydrogen) atoms. The van der Waals surface area contributed by atoms with Crippen molar-refractivity contribution in [1.82, 2.24) is 5.32 Å². The molecule has 0 fully saturated rings. The standard InChI is InChI=1S/C23H27N3O4/c1-5-29-22(28)13(2)30-18-9-7-6-8-14(18)19-15(12-24)21(25)26-16-10-23(3,4)11-17(27)20(16)19/h6-9,13,19,26H,5,10-11,25H2,1-4H3/t13-,19+/m1/s1. The fourth-order valence-corrected chi connectivity index (χ4v) is 4.07. The van der Waals surface area contributed by atoms with E-state index >= 15 is 0 Å². The number of ketones is 1. The van der Waals surface area contributed by atoms with Crippen molar-refractivity contribution in [3.8, 4) is 11.8 Å². The maximum Gasteiger partial charge on any atom is 0.347 e. The summed E-state index contributed by atoms with van der Waals surface area (Å²) in [5, 5.41) is 12.9. The van der Waals surface area contributed by atoms with Crippen LogP contribution in [-0.4, -0.2) is 24.5 Å². The monoisotopic (exact) mass is 409 g/mol. The number of esters is 1. The third kappa shape index (κ3) is 4.04. The quantitative estimate of drug-likeness (QED) is 0.718. The Kier molecular flexibility index (Phi) is 5.88. The Bertz CT molecular complexity index is 984. The molecule has 1 aromatic carbocycles. The summed E-state index contributed by atoms with van der Waals surface area (Å²) < 4.78 is 10.9. The number of nitrogens with two attached hydrogens (primary N) is 1. The number of rotatable bonds is 5. The van der Waals surface area contributed by atoms with Crippen LogP contribution in [-0.2, 0) is 14.3 Å². The van der Waals surface area contributed by atoms with E-state index < -0.39 is 18.0 Å². The zero-order chi connectivity index (χ0) is 22.1. The Labute approximate surface area is 176 Å². The molecule has 0 unspecified atom stereocenters. The number of ether oxygens (including phenoxy) is 2. The zero-order valence-electron chi connectivity index (χ0n) is 17.7. The first kappa shape index (κ1) is 21.4. The van der Waals surface area contributed by atoms with Crippen molar-refractivity contribution in [2.75, 3.05) is 6.61 Å². The third-order valence-corrected chi connectivity index (χ3v) is 5.35. The van der Waals surface area contributed by atoms with Crippen molar-refractivity contribution >= 4 is 11.8 Å². The van der Waals surface area contributed by atoms with Gasteiger partial charge in [0.25, 0.3) is 0 Å². The number of nitrogens with zero attached hydrogens (tertiary/aromatic N) is 1. The zero-order valence-corrected chi connectivity index (χ0v) is 17.7. The number of hydrogen-bond donors (Lipinski definition) is 2. The molecule has 3 N–H and O–H groups in total. The number of allylic oxidation sites excluding steroid dienone is 3. The maximum absolute atomic E-state index is 13.1. The molecule has 1 aliphatic carbocycles. The van der Waals surface area contributed by atoms with Gasteiger partial charge in [-0.3, -0.25) is 4.79 Å². The van der Waals surface area contributed by atoms with Crippen molar-refractivity contribution in [2.45, 2.75) is 52.6 Å². The second-order valence-electron chi connectivity index (χ2n) is 8.38. The number of benzene rings is 1. The molecule has 2 aliphatic rings. The molecule has 0 radical (unpaired) electrons. The van der Waals surface area contributed by atoms with Gasteiger partial charge in [-0.25, -0.2) is 4.79 Å². The Balaban J connectivity index is 2.09. The molecule has 0 aromatic heterocycles. The van der Waals surface area contributed by atoms with Gasteiger partial charge < -0.3 is 20.5 Å². The van der Waals surface area contributed by atoms with Crippen molar-refractivity contribution in [1.29, 1.82) is 5.26 Å². The number of carbonyl (C=O) groups is 2. The van der Waals surface area contributed by atoms with E-state index in [-0.39, 0.29) is 29.2 Å². The molecule has 0 spiro atoms. The first-order valence-electron chi connectivity index (χ1n) is 10.0. The first-order chi connectivity index (χ1) is 14.2. The Morgan fingerprint density at radius 3 is 2.73 bits per heavy atom. The van der Waals surface area contributed by atoms with Gasteiger partial charge in [-0.2, -0.15) is 5.26 Å². The highest BCUT2D eigenvalue weighted by Gasteiger charge is 2.42. The minimum Gasteiger partial charge on any atom is -0.479 e. The number of Topliss-reactive ketones (excluding diaryl/α,β-unsaturated/α-hetero) is 1. The average molecular weight is 409 g/mol. The first-order valence-corrected chi connectivity index (χ1v) is 10.0. The van der Waals surface area contributed by atoms with Gasteiger partial charge in [0, 0.05) is 23.3 Å². The van der Waals surface area contributed by atoms with E-state index in [0.717, 1.165) is 5.70 Å². The van der Waals surface area contributed by atoms with Crippen LogP contribution in [0.2, 0.25) is 0 Å². The Hall–Kier alpha value is -3.27. The molecule has 158 valence electrons. The molecule has 0 amide bonds. The van der Waals surface area contributed by atoms with E-state index in [1.54, 1.807) is 32.0 Å². The molecule has 0 saturated heterocycles. The highest BCUT2D eigenvalue weighted by Crippen LogP contribution is 2.47. The Morgan fingerprint density at radius 2 is 2.07 bits per heavy atom. The van der Waals surface area contributed by atoms with E-state index in [1.165, 1.54) is 0 Å². The number of nitriles is 1. The molecule has 3 rings (SSSR count). The van der Waals surface area contributed by atoms with Gasteiger partial charge in [0.1, 0.15) is 11.6 Å². The molecule has 1 heterocycles. The van der Waals surface area contributed by atoms with Gasteiger partial charge in [-0.1, -0.05) is 32.0 Å². The topological polar surface area (TPSA) is 114 Å². The largest absolute Gasteiger partial charge is 0.479 e. The summed E-state index contributed by atoms with van der Waals surface area (Å²) in [4.78, 5) is 25.2. The number of nitrogens with one attached hydrogen (secondary N) is 1. The van der Waals surface area contributed by atoms with Crippen molar-refractivity contribution in [3.05, 3.63) is 52.5 Å². The summed E-state index contributed by atoms with van der Waals surface area (Å²) in [6, 6.07) is 9.26. The second kappa shape index (κ2) is 8.23. The van der Waals surface area contributed by atoms with Gasteiger partial charge in [0.2, 0.25) is 0 Å². The summed E-state index contributed by atoms with van der Waals surface area (Å²) in [5.74, 6) is -0.508. The molecule has 7 nitrogen and oxygen atoms in total. The fraction of sp³-hybridized carbons (Fsp3) is 0.435. The van der Waals surface area contributed by atoms with Crippen molar-refractivity contribution in [3.63, 3.8) is 0 Å². The van der Waals surface area contributed by atoms with Gasteiger partial charge in [0.05, 0.1) is 24.2 Å². The minimum absolute atomic E-state index is 0.0211. The fourth-order valence-electron chi connectivity index (χ4n) is 4.07. The number of para-hydroxylation sites is 1. The van der Waals surface area contributed by atoms with Crippen LogP contribution in [0.25, 0.3) is 0 Å². The summed E-state index contributed by atoms with van der Waals surface area (Å²) in [6.45, 7) is 7.64. The molecular formula is C23H27N3O4. The SMILES string of the molecule is CCOC(=O)[C@@H](C)Oc1ccccc1[C@H]1C(C#N)=C(N)NC2=C1C(=O)CC(C)(C)C2.